The first-order valence-electron chi connectivity index (χ1n) is 6.52. The Morgan fingerprint density at radius 3 is 2.40 bits per heavy atom. The molecule has 0 aliphatic carbocycles. The SMILES string of the molecule is C=CCC(OC(=O)c1ccccc1)C(=O)NC(C)(C)C. The smallest absolute Gasteiger partial charge is 0.338 e. The van der Waals surface area contributed by atoms with Crippen LogP contribution in [0.15, 0.2) is 43.0 Å². The Morgan fingerprint density at radius 1 is 1.30 bits per heavy atom. The number of nitrogens with one attached hydrogen (secondary N) is 1. The molecule has 0 heterocycles. The van der Waals surface area contributed by atoms with Crippen molar-refractivity contribution in [1.29, 1.82) is 0 Å². The van der Waals surface area contributed by atoms with Crippen LogP contribution in [0.1, 0.15) is 37.6 Å². The first-order chi connectivity index (χ1) is 9.33. The van der Waals surface area contributed by atoms with E-state index in [0.717, 1.165) is 0 Å². The van der Waals surface area contributed by atoms with Gasteiger partial charge in [-0.25, -0.2) is 4.79 Å². The number of hydrogen-bond donors (Lipinski definition) is 1. The Kier molecular flexibility index (Phi) is 5.50. The predicted molar refractivity (Wildman–Crippen MR) is 78.4 cm³/mol. The molecule has 0 fully saturated rings. The summed E-state index contributed by atoms with van der Waals surface area (Å²) in [5, 5.41) is 2.80. The lowest BCUT2D eigenvalue weighted by molar-refractivity contribution is -0.131. The topological polar surface area (TPSA) is 55.4 Å². The summed E-state index contributed by atoms with van der Waals surface area (Å²) in [5.41, 5.74) is 0.0421. The number of hydrogen-bond acceptors (Lipinski definition) is 3. The molecule has 1 atom stereocenters. The zero-order valence-corrected chi connectivity index (χ0v) is 12.2. The molecule has 4 heteroatoms. The Bertz CT molecular complexity index is 474. The molecule has 0 saturated carbocycles. The number of ether oxygens (including phenoxy) is 1. The lowest BCUT2D eigenvalue weighted by Gasteiger charge is -2.24. The van der Waals surface area contributed by atoms with Gasteiger partial charge in [0.05, 0.1) is 5.56 Å². The highest BCUT2D eigenvalue weighted by atomic mass is 16.5. The van der Waals surface area contributed by atoms with Crippen molar-refractivity contribution in [3.63, 3.8) is 0 Å². The van der Waals surface area contributed by atoms with Gasteiger partial charge in [0.25, 0.3) is 5.91 Å². The normalized spacial score (nSPS) is 12.3. The van der Waals surface area contributed by atoms with Gasteiger partial charge < -0.3 is 10.1 Å². The molecular weight excluding hydrogens is 254 g/mol. The van der Waals surface area contributed by atoms with Crippen LogP contribution in [0.3, 0.4) is 0 Å². The molecule has 1 rings (SSSR count). The van der Waals surface area contributed by atoms with Gasteiger partial charge in [0.2, 0.25) is 0 Å². The maximum Gasteiger partial charge on any atom is 0.338 e. The van der Waals surface area contributed by atoms with E-state index in [0.29, 0.717) is 5.56 Å². The van der Waals surface area contributed by atoms with E-state index in [1.54, 1.807) is 30.3 Å². The van der Waals surface area contributed by atoms with Gasteiger partial charge in [-0.1, -0.05) is 24.3 Å². The molecule has 0 bridgehead atoms. The highest BCUT2D eigenvalue weighted by molar-refractivity contribution is 5.92. The number of carbonyl (C=O) groups is 2. The number of rotatable bonds is 5. The maximum atomic E-state index is 12.1. The summed E-state index contributed by atoms with van der Waals surface area (Å²) in [5.74, 6) is -0.830. The average molecular weight is 275 g/mol. The fourth-order valence-electron chi connectivity index (χ4n) is 1.58. The monoisotopic (exact) mass is 275 g/mol. The van der Waals surface area contributed by atoms with Gasteiger partial charge in [0.15, 0.2) is 6.10 Å². The van der Waals surface area contributed by atoms with Gasteiger partial charge in [-0.15, -0.1) is 6.58 Å². The second-order valence-corrected chi connectivity index (χ2v) is 5.52. The van der Waals surface area contributed by atoms with Crippen LogP contribution in [-0.2, 0) is 9.53 Å². The zero-order valence-electron chi connectivity index (χ0n) is 12.2. The van der Waals surface area contributed by atoms with E-state index in [2.05, 4.69) is 11.9 Å². The van der Waals surface area contributed by atoms with Crippen LogP contribution in [0, 0.1) is 0 Å². The lowest BCUT2D eigenvalue weighted by atomic mass is 10.1. The number of carbonyl (C=O) groups excluding carboxylic acids is 2. The maximum absolute atomic E-state index is 12.1. The summed E-state index contributed by atoms with van der Waals surface area (Å²) in [6, 6.07) is 8.59. The van der Waals surface area contributed by atoms with Gasteiger partial charge >= 0.3 is 5.97 Å². The minimum Gasteiger partial charge on any atom is -0.448 e. The van der Waals surface area contributed by atoms with E-state index in [-0.39, 0.29) is 17.9 Å². The largest absolute Gasteiger partial charge is 0.448 e. The van der Waals surface area contributed by atoms with Gasteiger partial charge in [0.1, 0.15) is 0 Å². The lowest BCUT2D eigenvalue weighted by Crippen LogP contribution is -2.47. The van der Waals surface area contributed by atoms with Gasteiger partial charge in [0, 0.05) is 12.0 Å². The summed E-state index contributed by atoms with van der Waals surface area (Å²) >= 11 is 0. The van der Waals surface area contributed by atoms with Crippen LogP contribution in [0.2, 0.25) is 0 Å². The Hall–Kier alpha value is -2.10. The summed E-state index contributed by atoms with van der Waals surface area (Å²) in [4.78, 5) is 24.0. The molecule has 1 aromatic carbocycles. The quantitative estimate of drug-likeness (QED) is 0.664. The van der Waals surface area contributed by atoms with Crippen LogP contribution in [-0.4, -0.2) is 23.5 Å². The van der Waals surface area contributed by atoms with Crippen molar-refractivity contribution < 1.29 is 14.3 Å². The average Bonchev–Trinajstić information content (AvgIpc) is 2.37. The number of amides is 1. The van der Waals surface area contributed by atoms with Gasteiger partial charge in [-0.3, -0.25) is 4.79 Å². The van der Waals surface area contributed by atoms with Crippen molar-refractivity contribution >= 4 is 11.9 Å². The second kappa shape index (κ2) is 6.89. The molecule has 108 valence electrons. The molecule has 0 saturated heterocycles. The molecule has 0 aliphatic heterocycles. The summed E-state index contributed by atoms with van der Waals surface area (Å²) < 4.78 is 5.26. The Labute approximate surface area is 119 Å². The van der Waals surface area contributed by atoms with E-state index in [1.807, 2.05) is 26.8 Å². The van der Waals surface area contributed by atoms with E-state index in [1.165, 1.54) is 0 Å². The Balaban J connectivity index is 2.75. The van der Waals surface area contributed by atoms with E-state index < -0.39 is 12.1 Å². The summed E-state index contributed by atoms with van der Waals surface area (Å²) in [6.07, 6.45) is 0.977. The molecule has 1 N–H and O–H groups in total. The molecule has 0 spiro atoms. The van der Waals surface area contributed by atoms with E-state index in [9.17, 15) is 9.59 Å². The highest BCUT2D eigenvalue weighted by Crippen LogP contribution is 2.09. The predicted octanol–water partition coefficient (Wildman–Crippen LogP) is 2.70. The molecule has 4 nitrogen and oxygen atoms in total. The van der Waals surface area contributed by atoms with E-state index in [4.69, 9.17) is 4.74 Å². The van der Waals surface area contributed by atoms with Crippen molar-refractivity contribution in [3.05, 3.63) is 48.6 Å². The molecule has 1 unspecified atom stereocenters. The highest BCUT2D eigenvalue weighted by Gasteiger charge is 2.25. The van der Waals surface area contributed by atoms with Crippen molar-refractivity contribution in [2.45, 2.75) is 38.8 Å². The number of benzene rings is 1. The minimum absolute atomic E-state index is 0.278. The summed E-state index contributed by atoms with van der Waals surface area (Å²) in [7, 11) is 0. The summed E-state index contributed by atoms with van der Waals surface area (Å²) in [6.45, 7) is 9.20. The van der Waals surface area contributed by atoms with Crippen molar-refractivity contribution in [3.8, 4) is 0 Å². The van der Waals surface area contributed by atoms with Crippen molar-refractivity contribution in [2.24, 2.45) is 0 Å². The fourth-order valence-corrected chi connectivity index (χ4v) is 1.58. The van der Waals surface area contributed by atoms with Crippen LogP contribution in [0.4, 0.5) is 0 Å². The molecule has 0 radical (unpaired) electrons. The van der Waals surface area contributed by atoms with Crippen LogP contribution in [0.5, 0.6) is 0 Å². The van der Waals surface area contributed by atoms with Gasteiger partial charge in [-0.2, -0.15) is 0 Å². The third-order valence-electron chi connectivity index (χ3n) is 2.43. The molecular formula is C16H21NO3. The molecule has 1 amide bonds. The number of esters is 1. The molecule has 1 aromatic rings. The standard InChI is InChI=1S/C16H21NO3/c1-5-9-13(14(18)17-16(2,3)4)20-15(19)12-10-7-6-8-11-12/h5-8,10-11,13H,1,9H2,2-4H3,(H,17,18). The molecule has 0 aliphatic rings. The van der Waals surface area contributed by atoms with Gasteiger partial charge in [-0.05, 0) is 32.9 Å². The van der Waals surface area contributed by atoms with Crippen molar-refractivity contribution in [2.75, 3.05) is 0 Å². The second-order valence-electron chi connectivity index (χ2n) is 5.52. The first kappa shape index (κ1) is 16.0. The zero-order chi connectivity index (χ0) is 15.2. The Morgan fingerprint density at radius 2 is 1.90 bits per heavy atom. The van der Waals surface area contributed by atoms with Crippen molar-refractivity contribution in [1.82, 2.24) is 5.32 Å². The van der Waals surface area contributed by atoms with E-state index >= 15 is 0 Å². The van der Waals surface area contributed by atoms with Crippen LogP contribution >= 0.6 is 0 Å². The van der Waals surface area contributed by atoms with Crippen LogP contribution in [0.25, 0.3) is 0 Å². The fraction of sp³-hybridized carbons (Fsp3) is 0.375. The first-order valence-corrected chi connectivity index (χ1v) is 6.52. The minimum atomic E-state index is -0.862. The third kappa shape index (κ3) is 5.26. The third-order valence-corrected chi connectivity index (χ3v) is 2.43. The van der Waals surface area contributed by atoms with Crippen LogP contribution < -0.4 is 5.32 Å². The molecule has 20 heavy (non-hydrogen) atoms. The molecule has 0 aromatic heterocycles.